The van der Waals surface area contributed by atoms with Gasteiger partial charge in [-0.25, -0.2) is 0 Å². The molecule has 0 aliphatic carbocycles. The Morgan fingerprint density at radius 2 is 0.829 bits per heavy atom. The monoisotopic (exact) mass is 505 g/mol. The van der Waals surface area contributed by atoms with Crippen molar-refractivity contribution in [2.75, 3.05) is 0 Å². The number of hydrogen-bond donors (Lipinski definition) is 2. The summed E-state index contributed by atoms with van der Waals surface area (Å²) < 4.78 is 0. The van der Waals surface area contributed by atoms with E-state index in [2.05, 4.69) is 20.4 Å². The van der Waals surface area contributed by atoms with E-state index in [-0.39, 0.29) is 28.6 Å². The minimum absolute atomic E-state index is 0. The summed E-state index contributed by atoms with van der Waals surface area (Å²) in [6.07, 6.45) is 0. The van der Waals surface area contributed by atoms with Crippen LogP contribution in [0.1, 0.15) is 11.1 Å². The minimum Gasteiger partial charge on any atom is -0.506 e. The summed E-state index contributed by atoms with van der Waals surface area (Å²) in [5.41, 5.74) is 6.56. The topological polar surface area (TPSA) is 102 Å². The molecule has 6 rings (SSSR count). The second-order valence-corrected chi connectivity index (χ2v) is 7.94. The number of fused-ring (bicyclic) bond motifs is 2. The van der Waals surface area contributed by atoms with Crippen LogP contribution in [0.25, 0.3) is 33.4 Å². The fraction of sp³-hybridized carbons (Fsp3) is 0.0769. The zero-order valence-corrected chi connectivity index (χ0v) is 20.2. The van der Waals surface area contributed by atoms with Crippen LogP contribution >= 0.6 is 0 Å². The van der Waals surface area contributed by atoms with Crippen LogP contribution in [0.5, 0.6) is 11.5 Å². The maximum atomic E-state index is 9.81. The van der Waals surface area contributed by atoms with Crippen molar-refractivity contribution in [1.82, 2.24) is 30.0 Å². The van der Waals surface area contributed by atoms with Crippen molar-refractivity contribution >= 4 is 22.1 Å². The number of aromatic nitrogens is 6. The van der Waals surface area contributed by atoms with Gasteiger partial charge in [0.15, 0.2) is 0 Å². The zero-order chi connectivity index (χ0) is 23.7. The number of phenolic OH excluding ortho intramolecular Hbond substituents is 2. The van der Waals surface area contributed by atoms with Gasteiger partial charge in [-0.2, -0.15) is 0 Å². The Hall–Kier alpha value is -4.20. The van der Waals surface area contributed by atoms with Crippen LogP contribution in [0.4, 0.5) is 0 Å². The van der Waals surface area contributed by atoms with Crippen molar-refractivity contribution in [3.8, 4) is 22.9 Å². The summed E-state index contributed by atoms with van der Waals surface area (Å²) in [5, 5.41) is 36.9. The van der Waals surface area contributed by atoms with Gasteiger partial charge in [-0.15, -0.1) is 30.0 Å². The van der Waals surface area contributed by atoms with Crippen molar-refractivity contribution in [2.45, 2.75) is 13.8 Å². The third kappa shape index (κ3) is 5.01. The SMILES string of the molecule is Cc1ccc(O)c(-n2nc3ccccc3n2)c1.Cc1ccc(O)c(-n2nc3ccccc3n2)c1.[Mn]. The molecule has 2 aromatic heterocycles. The van der Waals surface area contributed by atoms with Crippen LogP contribution in [0, 0.1) is 13.8 Å². The minimum atomic E-state index is 0. The van der Waals surface area contributed by atoms with Gasteiger partial charge in [0.2, 0.25) is 0 Å². The van der Waals surface area contributed by atoms with Crippen LogP contribution in [0.2, 0.25) is 0 Å². The second-order valence-electron chi connectivity index (χ2n) is 7.94. The Balaban J connectivity index is 0.000000160. The predicted octanol–water partition coefficient (Wildman–Crippen LogP) is 4.87. The van der Waals surface area contributed by atoms with Crippen molar-refractivity contribution in [3.63, 3.8) is 0 Å². The van der Waals surface area contributed by atoms with Gasteiger partial charge in [-0.1, -0.05) is 36.4 Å². The number of rotatable bonds is 2. The molecule has 1 radical (unpaired) electrons. The molecule has 2 N–H and O–H groups in total. The molecule has 175 valence electrons. The van der Waals surface area contributed by atoms with E-state index in [9.17, 15) is 10.2 Å². The van der Waals surface area contributed by atoms with Gasteiger partial charge in [0.05, 0.1) is 0 Å². The fourth-order valence-corrected chi connectivity index (χ4v) is 3.52. The molecule has 6 aromatic rings. The smallest absolute Gasteiger partial charge is 0.143 e. The Morgan fingerprint density at radius 3 is 1.14 bits per heavy atom. The summed E-state index contributed by atoms with van der Waals surface area (Å²) in [6.45, 7) is 3.93. The van der Waals surface area contributed by atoms with E-state index in [1.807, 2.05) is 86.6 Å². The summed E-state index contributed by atoms with van der Waals surface area (Å²) in [7, 11) is 0. The number of aromatic hydroxyl groups is 2. The standard InChI is InChI=1S/2C13H11N3O.Mn/c2*1-9-6-7-13(17)12(8-9)16-14-10-4-2-3-5-11(10)15-16;/h2*2-8,17H,1H3;. The Morgan fingerprint density at radius 1 is 0.514 bits per heavy atom. The summed E-state index contributed by atoms with van der Waals surface area (Å²) in [4.78, 5) is 2.93. The molecular formula is C26H22MnN6O2. The average Bonchev–Trinajstić information content (AvgIpc) is 3.47. The Bertz CT molecular complexity index is 1440. The number of benzene rings is 4. The summed E-state index contributed by atoms with van der Waals surface area (Å²) in [6, 6.07) is 25.9. The third-order valence-electron chi connectivity index (χ3n) is 5.27. The largest absolute Gasteiger partial charge is 0.506 e. The molecule has 0 saturated heterocycles. The molecule has 9 heteroatoms. The maximum absolute atomic E-state index is 9.81. The van der Waals surface area contributed by atoms with Crippen molar-refractivity contribution < 1.29 is 27.3 Å². The molecule has 0 spiro atoms. The normalized spacial score (nSPS) is 10.6. The maximum Gasteiger partial charge on any atom is 0.143 e. The first kappa shape index (κ1) is 23.9. The van der Waals surface area contributed by atoms with E-state index in [4.69, 9.17) is 0 Å². The molecule has 0 aliphatic rings. The van der Waals surface area contributed by atoms with Crippen molar-refractivity contribution in [3.05, 3.63) is 96.1 Å². The first-order valence-electron chi connectivity index (χ1n) is 10.7. The molecule has 8 nitrogen and oxygen atoms in total. The van der Waals surface area contributed by atoms with Crippen LogP contribution < -0.4 is 0 Å². The molecule has 0 aliphatic heterocycles. The van der Waals surface area contributed by atoms with Crippen LogP contribution in [-0.2, 0) is 17.1 Å². The van der Waals surface area contributed by atoms with E-state index in [1.54, 1.807) is 12.1 Å². The van der Waals surface area contributed by atoms with E-state index < -0.39 is 0 Å². The zero-order valence-electron chi connectivity index (χ0n) is 19.0. The van der Waals surface area contributed by atoms with Crippen LogP contribution in [0.15, 0.2) is 84.9 Å². The summed E-state index contributed by atoms with van der Waals surface area (Å²) in [5.74, 6) is 0.354. The van der Waals surface area contributed by atoms with Gasteiger partial charge in [0, 0.05) is 17.1 Å². The van der Waals surface area contributed by atoms with Crippen LogP contribution in [-0.4, -0.2) is 40.2 Å². The molecule has 0 amide bonds. The first-order chi connectivity index (χ1) is 16.5. The first-order valence-corrected chi connectivity index (χ1v) is 10.7. The number of phenols is 2. The van der Waals surface area contributed by atoms with Gasteiger partial charge in [0.25, 0.3) is 0 Å². The molecule has 0 atom stereocenters. The average molecular weight is 505 g/mol. The second kappa shape index (κ2) is 9.97. The van der Waals surface area contributed by atoms with E-state index in [1.165, 1.54) is 9.59 Å². The van der Waals surface area contributed by atoms with Gasteiger partial charge >= 0.3 is 0 Å². The fourth-order valence-electron chi connectivity index (χ4n) is 3.52. The molecule has 0 unspecified atom stereocenters. The van der Waals surface area contributed by atoms with Crippen molar-refractivity contribution in [1.29, 1.82) is 0 Å². The molecule has 4 aromatic carbocycles. The molecule has 35 heavy (non-hydrogen) atoms. The Labute approximate surface area is 211 Å². The van der Waals surface area contributed by atoms with E-state index in [0.717, 1.165) is 33.2 Å². The van der Waals surface area contributed by atoms with Gasteiger partial charge in [-0.3, -0.25) is 0 Å². The molecule has 0 saturated carbocycles. The molecule has 0 fully saturated rings. The third-order valence-corrected chi connectivity index (χ3v) is 5.27. The number of aryl methyl sites for hydroxylation is 2. The van der Waals surface area contributed by atoms with E-state index in [0.29, 0.717) is 11.4 Å². The van der Waals surface area contributed by atoms with Gasteiger partial charge < -0.3 is 10.2 Å². The van der Waals surface area contributed by atoms with Crippen LogP contribution in [0.3, 0.4) is 0 Å². The number of nitrogens with zero attached hydrogens (tertiary/aromatic N) is 6. The van der Waals surface area contributed by atoms with Crippen molar-refractivity contribution in [2.24, 2.45) is 0 Å². The number of hydrogen-bond acceptors (Lipinski definition) is 6. The molecular weight excluding hydrogens is 483 g/mol. The predicted molar refractivity (Wildman–Crippen MR) is 131 cm³/mol. The quantitative estimate of drug-likeness (QED) is 0.326. The van der Waals surface area contributed by atoms with Gasteiger partial charge in [0.1, 0.15) is 44.9 Å². The van der Waals surface area contributed by atoms with Gasteiger partial charge in [-0.05, 0) is 73.5 Å². The summed E-state index contributed by atoms with van der Waals surface area (Å²) >= 11 is 0. The molecule has 0 bridgehead atoms. The van der Waals surface area contributed by atoms with E-state index >= 15 is 0 Å². The molecule has 2 heterocycles. The Kier molecular flexibility index (Phi) is 6.82.